The maximum atomic E-state index is 13.7. The van der Waals surface area contributed by atoms with Gasteiger partial charge in [0.2, 0.25) is 11.8 Å². The number of carbonyl (C=O) groups is 2. The minimum atomic E-state index is -0.857. The lowest BCUT2D eigenvalue weighted by atomic mass is 9.57. The molecule has 3 unspecified atom stereocenters. The number of benzene rings is 2. The van der Waals surface area contributed by atoms with E-state index >= 15 is 0 Å². The highest BCUT2D eigenvalue weighted by Crippen LogP contribution is 2.64. The zero-order valence-electron chi connectivity index (χ0n) is 15.4. The van der Waals surface area contributed by atoms with Gasteiger partial charge in [-0.25, -0.2) is 0 Å². The first kappa shape index (κ1) is 18.2. The van der Waals surface area contributed by atoms with E-state index in [-0.39, 0.29) is 35.6 Å². The number of nitrogens with one attached hydrogen (secondary N) is 1. The van der Waals surface area contributed by atoms with Gasteiger partial charge in [0, 0.05) is 23.0 Å². The van der Waals surface area contributed by atoms with Crippen molar-refractivity contribution in [2.24, 2.45) is 5.41 Å². The molecule has 1 aliphatic carbocycles. The number of fused-ring (bicyclic) bond motifs is 2. The van der Waals surface area contributed by atoms with Crippen LogP contribution in [0.15, 0.2) is 48.5 Å². The average Bonchev–Trinajstić information content (AvgIpc) is 3.34. The smallest absolute Gasteiger partial charge is 0.237 e. The standard InChI is InChI=1S/C22H20BrClN2O2/c1-21(9-10-21)19-22(15-7-2-3-8-17(15)25-20(22)28)16(12-18(27)26(19)23)13-5-4-6-14(24)11-13/h2-8,11,16,19H,9-10,12H2,1H3,(H,25,28). The van der Waals surface area contributed by atoms with Gasteiger partial charge in [0.1, 0.15) is 5.41 Å². The Morgan fingerprint density at radius 2 is 1.89 bits per heavy atom. The molecule has 3 atom stereocenters. The summed E-state index contributed by atoms with van der Waals surface area (Å²) in [4.78, 5) is 26.7. The van der Waals surface area contributed by atoms with Crippen molar-refractivity contribution in [3.63, 3.8) is 0 Å². The van der Waals surface area contributed by atoms with Crippen LogP contribution in [0.3, 0.4) is 0 Å². The highest BCUT2D eigenvalue weighted by atomic mass is 79.9. The summed E-state index contributed by atoms with van der Waals surface area (Å²) in [5.41, 5.74) is 1.78. The van der Waals surface area contributed by atoms with E-state index in [9.17, 15) is 9.59 Å². The Morgan fingerprint density at radius 3 is 2.61 bits per heavy atom. The van der Waals surface area contributed by atoms with Crippen molar-refractivity contribution in [3.8, 4) is 0 Å². The zero-order valence-corrected chi connectivity index (χ0v) is 17.8. The summed E-state index contributed by atoms with van der Waals surface area (Å²) in [5.74, 6) is -0.307. The van der Waals surface area contributed by atoms with Gasteiger partial charge in [-0.2, -0.15) is 0 Å². The Kier molecular flexibility index (Phi) is 3.95. The monoisotopic (exact) mass is 458 g/mol. The van der Waals surface area contributed by atoms with E-state index in [1.54, 1.807) is 3.93 Å². The maximum Gasteiger partial charge on any atom is 0.237 e. The summed E-state index contributed by atoms with van der Waals surface area (Å²) >= 11 is 9.85. The number of rotatable bonds is 2. The van der Waals surface area contributed by atoms with Gasteiger partial charge < -0.3 is 5.32 Å². The molecule has 2 fully saturated rings. The van der Waals surface area contributed by atoms with Gasteiger partial charge in [-0.1, -0.05) is 48.9 Å². The van der Waals surface area contributed by atoms with E-state index in [0.717, 1.165) is 29.7 Å². The first-order chi connectivity index (χ1) is 13.4. The van der Waals surface area contributed by atoms with Crippen LogP contribution in [0.5, 0.6) is 0 Å². The number of hydrogen-bond donors (Lipinski definition) is 1. The van der Waals surface area contributed by atoms with E-state index in [1.807, 2.05) is 48.5 Å². The molecule has 1 saturated heterocycles. The third-order valence-electron chi connectivity index (χ3n) is 6.77. The van der Waals surface area contributed by atoms with Crippen LogP contribution in [-0.2, 0) is 15.0 Å². The van der Waals surface area contributed by atoms with Gasteiger partial charge in [0.25, 0.3) is 0 Å². The molecule has 28 heavy (non-hydrogen) atoms. The van der Waals surface area contributed by atoms with Gasteiger partial charge in [0.15, 0.2) is 0 Å². The summed E-state index contributed by atoms with van der Waals surface area (Å²) < 4.78 is 1.66. The van der Waals surface area contributed by atoms with Gasteiger partial charge >= 0.3 is 0 Å². The molecule has 6 heteroatoms. The van der Waals surface area contributed by atoms with Crippen molar-refractivity contribution in [2.75, 3.05) is 5.32 Å². The quantitative estimate of drug-likeness (QED) is 0.641. The fourth-order valence-electron chi connectivity index (χ4n) is 5.25. The molecule has 2 aromatic carbocycles. The Labute approximate surface area is 177 Å². The Balaban J connectivity index is 1.81. The van der Waals surface area contributed by atoms with Crippen molar-refractivity contribution in [2.45, 2.75) is 43.6 Å². The lowest BCUT2D eigenvalue weighted by molar-refractivity contribution is -0.139. The molecule has 2 heterocycles. The second kappa shape index (κ2) is 6.07. The molecule has 0 bridgehead atoms. The third-order valence-corrected chi connectivity index (χ3v) is 7.81. The summed E-state index contributed by atoms with van der Waals surface area (Å²) in [6.07, 6.45) is 2.24. The highest BCUT2D eigenvalue weighted by molar-refractivity contribution is 9.07. The van der Waals surface area contributed by atoms with Crippen molar-refractivity contribution in [3.05, 3.63) is 64.7 Å². The van der Waals surface area contributed by atoms with Crippen LogP contribution in [0.4, 0.5) is 5.69 Å². The van der Waals surface area contributed by atoms with Crippen molar-refractivity contribution >= 4 is 45.2 Å². The predicted molar refractivity (Wildman–Crippen MR) is 112 cm³/mol. The second-order valence-electron chi connectivity index (χ2n) is 8.44. The van der Waals surface area contributed by atoms with Crippen LogP contribution in [0, 0.1) is 5.41 Å². The number of carbonyl (C=O) groups excluding carboxylic acids is 2. The summed E-state index contributed by atoms with van der Waals surface area (Å²) in [5, 5.41) is 3.72. The van der Waals surface area contributed by atoms with Crippen molar-refractivity contribution in [1.82, 2.24) is 3.93 Å². The molecule has 1 saturated carbocycles. The molecular formula is C22H20BrClN2O2. The molecule has 2 amide bonds. The topological polar surface area (TPSA) is 49.4 Å². The molecule has 4 nitrogen and oxygen atoms in total. The molecule has 0 aromatic heterocycles. The number of halogens is 2. The predicted octanol–water partition coefficient (Wildman–Crippen LogP) is 5.02. The van der Waals surface area contributed by atoms with E-state index in [4.69, 9.17) is 11.6 Å². The van der Waals surface area contributed by atoms with E-state index < -0.39 is 5.41 Å². The third kappa shape index (κ3) is 2.35. The Hall–Kier alpha value is -1.85. The summed E-state index contributed by atoms with van der Waals surface area (Å²) in [6, 6.07) is 15.2. The summed E-state index contributed by atoms with van der Waals surface area (Å²) in [7, 11) is 0. The van der Waals surface area contributed by atoms with E-state index in [2.05, 4.69) is 28.4 Å². The van der Waals surface area contributed by atoms with Gasteiger partial charge in [-0.3, -0.25) is 13.5 Å². The first-order valence-corrected chi connectivity index (χ1v) is 10.6. The van der Waals surface area contributed by atoms with Gasteiger partial charge in [-0.15, -0.1) is 0 Å². The second-order valence-corrected chi connectivity index (χ2v) is 9.64. The molecule has 1 spiro atoms. The highest BCUT2D eigenvalue weighted by Gasteiger charge is 2.69. The molecule has 0 radical (unpaired) electrons. The average molecular weight is 460 g/mol. The van der Waals surface area contributed by atoms with Crippen molar-refractivity contribution in [1.29, 1.82) is 0 Å². The summed E-state index contributed by atoms with van der Waals surface area (Å²) in [6.45, 7) is 2.18. The van der Waals surface area contributed by atoms with Crippen LogP contribution in [0.1, 0.15) is 43.2 Å². The number of amides is 2. The normalized spacial score (nSPS) is 30.3. The number of nitrogens with zero attached hydrogens (tertiary/aromatic N) is 1. The lowest BCUT2D eigenvalue weighted by Gasteiger charge is -2.51. The van der Waals surface area contributed by atoms with E-state index in [0.29, 0.717) is 5.02 Å². The SMILES string of the molecule is CC1(C2N(Br)C(=O)CC(c3cccc(Cl)c3)C23C(=O)Nc2ccccc23)CC1. The molecule has 2 aliphatic heterocycles. The van der Waals surface area contributed by atoms with Crippen LogP contribution < -0.4 is 5.32 Å². The largest absolute Gasteiger partial charge is 0.325 e. The number of hydrogen-bond acceptors (Lipinski definition) is 2. The molecule has 144 valence electrons. The fraction of sp³-hybridized carbons (Fsp3) is 0.364. The van der Waals surface area contributed by atoms with Crippen LogP contribution in [-0.4, -0.2) is 21.8 Å². The van der Waals surface area contributed by atoms with Gasteiger partial charge in [-0.05, 0) is 47.6 Å². The first-order valence-electron chi connectivity index (χ1n) is 9.52. The molecule has 5 rings (SSSR count). The van der Waals surface area contributed by atoms with Crippen LogP contribution in [0.25, 0.3) is 0 Å². The lowest BCUT2D eigenvalue weighted by Crippen LogP contribution is -2.63. The van der Waals surface area contributed by atoms with Crippen LogP contribution >= 0.6 is 27.7 Å². The van der Waals surface area contributed by atoms with Crippen LogP contribution in [0.2, 0.25) is 5.02 Å². The Bertz CT molecular complexity index is 1010. The number of piperidine rings is 1. The molecule has 3 aliphatic rings. The Morgan fingerprint density at radius 1 is 1.14 bits per heavy atom. The number of para-hydroxylation sites is 1. The molecule has 1 N–H and O–H groups in total. The number of anilines is 1. The van der Waals surface area contributed by atoms with E-state index in [1.165, 1.54) is 0 Å². The maximum absolute atomic E-state index is 13.7. The van der Waals surface area contributed by atoms with Crippen molar-refractivity contribution < 1.29 is 9.59 Å². The minimum Gasteiger partial charge on any atom is -0.325 e. The minimum absolute atomic E-state index is 0.00547. The fourth-order valence-corrected chi connectivity index (χ4v) is 6.41. The van der Waals surface area contributed by atoms with Gasteiger partial charge in [0.05, 0.1) is 22.2 Å². The molecular weight excluding hydrogens is 440 g/mol. The molecule has 2 aromatic rings. The zero-order chi connectivity index (χ0) is 19.7.